The van der Waals surface area contributed by atoms with Crippen LogP contribution in [0.4, 0.5) is 0 Å². The predicted molar refractivity (Wildman–Crippen MR) is 88.2 cm³/mol. The van der Waals surface area contributed by atoms with Gasteiger partial charge in [-0.1, -0.05) is 28.1 Å². The van der Waals surface area contributed by atoms with E-state index in [0.717, 1.165) is 23.0 Å². The lowest BCUT2D eigenvalue weighted by Crippen LogP contribution is -2.39. The van der Waals surface area contributed by atoms with Gasteiger partial charge in [0.05, 0.1) is 0 Å². The molecule has 5 nitrogen and oxygen atoms in total. The number of hydrogen-bond acceptors (Lipinski definition) is 3. The molecule has 7 heteroatoms. The highest BCUT2D eigenvalue weighted by atomic mass is 79.9. The zero-order valence-corrected chi connectivity index (χ0v) is 14.6. The fraction of sp³-hybridized carbons (Fsp3) is 0.571. The van der Waals surface area contributed by atoms with E-state index >= 15 is 0 Å². The maximum Gasteiger partial charge on any atom is 0.279 e. The molecule has 1 aliphatic carbocycles. The minimum Gasteiger partial charge on any atom is -0.314 e. The number of nitrogens with one attached hydrogen (secondary N) is 2. The van der Waals surface area contributed by atoms with Crippen molar-refractivity contribution in [3.8, 4) is 0 Å². The van der Waals surface area contributed by atoms with Crippen molar-refractivity contribution in [1.82, 2.24) is 14.3 Å². The predicted octanol–water partition coefficient (Wildman–Crippen LogP) is 1.86. The fourth-order valence-corrected chi connectivity index (χ4v) is 3.11. The Morgan fingerprint density at radius 3 is 2.57 bits per heavy atom. The lowest BCUT2D eigenvalue weighted by Gasteiger charge is -2.17. The van der Waals surface area contributed by atoms with Crippen molar-refractivity contribution in [2.45, 2.75) is 31.8 Å². The van der Waals surface area contributed by atoms with Crippen LogP contribution in [0.3, 0.4) is 0 Å². The Bertz CT molecular complexity index is 544. The third-order valence-electron chi connectivity index (χ3n) is 3.44. The molecule has 1 fully saturated rings. The van der Waals surface area contributed by atoms with Gasteiger partial charge in [0.2, 0.25) is 0 Å². The van der Waals surface area contributed by atoms with E-state index in [-0.39, 0.29) is 0 Å². The number of hydrogen-bond donors (Lipinski definition) is 2. The van der Waals surface area contributed by atoms with Crippen molar-refractivity contribution in [1.29, 1.82) is 0 Å². The summed E-state index contributed by atoms with van der Waals surface area (Å²) in [6.07, 6.45) is 3.33. The monoisotopic (exact) mass is 375 g/mol. The first-order valence-corrected chi connectivity index (χ1v) is 9.39. The molecular weight excluding hydrogens is 354 g/mol. The van der Waals surface area contributed by atoms with Gasteiger partial charge in [-0.05, 0) is 43.5 Å². The van der Waals surface area contributed by atoms with E-state index in [1.165, 1.54) is 17.1 Å². The number of benzene rings is 1. The lowest BCUT2D eigenvalue weighted by molar-refractivity contribution is 0.444. The Balaban J connectivity index is 1.72. The molecule has 1 aromatic carbocycles. The van der Waals surface area contributed by atoms with Gasteiger partial charge in [-0.3, -0.25) is 0 Å². The van der Waals surface area contributed by atoms with E-state index < -0.39 is 10.2 Å². The van der Waals surface area contributed by atoms with Crippen molar-refractivity contribution < 1.29 is 8.42 Å². The highest BCUT2D eigenvalue weighted by Crippen LogP contribution is 2.18. The van der Waals surface area contributed by atoms with Gasteiger partial charge in [0, 0.05) is 30.7 Å². The SMILES string of the molecule is CN(CCCNC1CC1)S(=O)(=O)NCc1ccc(Br)cc1. The molecule has 2 rings (SSSR count). The summed E-state index contributed by atoms with van der Waals surface area (Å²) in [4.78, 5) is 0. The highest BCUT2D eigenvalue weighted by molar-refractivity contribution is 9.10. The highest BCUT2D eigenvalue weighted by Gasteiger charge is 2.20. The fourth-order valence-electron chi connectivity index (χ4n) is 1.90. The van der Waals surface area contributed by atoms with Crippen LogP contribution in [-0.2, 0) is 16.8 Å². The van der Waals surface area contributed by atoms with E-state index in [9.17, 15) is 8.42 Å². The minimum absolute atomic E-state index is 0.306. The van der Waals surface area contributed by atoms with Gasteiger partial charge in [-0.25, -0.2) is 0 Å². The van der Waals surface area contributed by atoms with Crippen molar-refractivity contribution in [2.24, 2.45) is 0 Å². The normalized spacial score (nSPS) is 15.6. The Kier molecular flexibility index (Phi) is 6.19. The Morgan fingerprint density at radius 2 is 1.95 bits per heavy atom. The van der Waals surface area contributed by atoms with Gasteiger partial charge in [0.1, 0.15) is 0 Å². The first-order chi connectivity index (χ1) is 9.97. The van der Waals surface area contributed by atoms with E-state index in [1.807, 2.05) is 24.3 Å². The Labute approximate surface area is 135 Å². The molecule has 1 aliphatic rings. The van der Waals surface area contributed by atoms with Crippen LogP contribution in [0.15, 0.2) is 28.7 Å². The van der Waals surface area contributed by atoms with Crippen LogP contribution >= 0.6 is 15.9 Å². The zero-order chi connectivity index (χ0) is 15.3. The van der Waals surface area contributed by atoms with E-state index in [1.54, 1.807) is 7.05 Å². The quantitative estimate of drug-likeness (QED) is 0.647. The second-order valence-electron chi connectivity index (χ2n) is 5.36. The topological polar surface area (TPSA) is 61.4 Å². The summed E-state index contributed by atoms with van der Waals surface area (Å²) in [5, 5.41) is 3.38. The van der Waals surface area contributed by atoms with Gasteiger partial charge < -0.3 is 5.32 Å². The molecule has 1 saturated carbocycles. The summed E-state index contributed by atoms with van der Waals surface area (Å²) in [6.45, 7) is 1.70. The van der Waals surface area contributed by atoms with Crippen LogP contribution < -0.4 is 10.0 Å². The smallest absolute Gasteiger partial charge is 0.279 e. The van der Waals surface area contributed by atoms with Gasteiger partial charge in [0.25, 0.3) is 10.2 Å². The summed E-state index contributed by atoms with van der Waals surface area (Å²) in [7, 11) is -1.80. The van der Waals surface area contributed by atoms with Crippen molar-refractivity contribution in [2.75, 3.05) is 20.1 Å². The average molecular weight is 376 g/mol. The molecule has 0 amide bonds. The Morgan fingerprint density at radius 1 is 1.29 bits per heavy atom. The molecule has 0 atom stereocenters. The maximum absolute atomic E-state index is 12.1. The summed E-state index contributed by atoms with van der Waals surface area (Å²) in [6, 6.07) is 8.26. The molecule has 0 aliphatic heterocycles. The summed E-state index contributed by atoms with van der Waals surface area (Å²) >= 11 is 3.36. The molecule has 0 unspecified atom stereocenters. The summed E-state index contributed by atoms with van der Waals surface area (Å²) in [5.41, 5.74) is 0.936. The van der Waals surface area contributed by atoms with Gasteiger partial charge in [-0.2, -0.15) is 17.4 Å². The van der Waals surface area contributed by atoms with Crippen LogP contribution in [0.5, 0.6) is 0 Å². The average Bonchev–Trinajstić information content (AvgIpc) is 3.27. The van der Waals surface area contributed by atoms with Crippen LogP contribution in [0.1, 0.15) is 24.8 Å². The zero-order valence-electron chi connectivity index (χ0n) is 12.2. The summed E-state index contributed by atoms with van der Waals surface area (Å²) < 4.78 is 29.2. The Hall–Kier alpha value is -0.470. The summed E-state index contributed by atoms with van der Waals surface area (Å²) in [5.74, 6) is 0. The second kappa shape index (κ2) is 7.69. The van der Waals surface area contributed by atoms with Gasteiger partial charge in [-0.15, -0.1) is 0 Å². The number of nitrogens with zero attached hydrogens (tertiary/aromatic N) is 1. The van der Waals surface area contributed by atoms with Crippen molar-refractivity contribution >= 4 is 26.1 Å². The maximum atomic E-state index is 12.1. The largest absolute Gasteiger partial charge is 0.314 e. The molecule has 0 spiro atoms. The van der Waals surface area contributed by atoms with Crippen molar-refractivity contribution in [3.05, 3.63) is 34.3 Å². The third-order valence-corrected chi connectivity index (χ3v) is 5.48. The van der Waals surface area contributed by atoms with Crippen molar-refractivity contribution in [3.63, 3.8) is 0 Å². The van der Waals surface area contributed by atoms with E-state index in [2.05, 4.69) is 26.0 Å². The number of rotatable bonds is 9. The number of halogens is 1. The van der Waals surface area contributed by atoms with Gasteiger partial charge >= 0.3 is 0 Å². The first-order valence-electron chi connectivity index (χ1n) is 7.16. The van der Waals surface area contributed by atoms with Gasteiger partial charge in [0.15, 0.2) is 0 Å². The molecule has 0 radical (unpaired) electrons. The van der Waals surface area contributed by atoms with Crippen LogP contribution in [0.2, 0.25) is 0 Å². The molecule has 118 valence electrons. The van der Waals surface area contributed by atoms with Crippen LogP contribution in [0.25, 0.3) is 0 Å². The first kappa shape index (κ1) is 16.9. The molecule has 0 bridgehead atoms. The minimum atomic E-state index is -3.41. The molecule has 1 aromatic rings. The molecular formula is C14H22BrN3O2S. The standard InChI is InChI=1S/C14H22BrN3O2S/c1-18(10-2-9-16-14-7-8-14)21(19,20)17-11-12-3-5-13(15)6-4-12/h3-6,14,16-17H,2,7-11H2,1H3. The molecule has 0 heterocycles. The van der Waals surface area contributed by atoms with E-state index in [0.29, 0.717) is 19.1 Å². The third kappa shape index (κ3) is 6.04. The molecule has 21 heavy (non-hydrogen) atoms. The van der Waals surface area contributed by atoms with Crippen LogP contribution in [0, 0.1) is 0 Å². The molecule has 0 aromatic heterocycles. The van der Waals surface area contributed by atoms with Crippen LogP contribution in [-0.4, -0.2) is 38.9 Å². The molecule has 2 N–H and O–H groups in total. The second-order valence-corrected chi connectivity index (χ2v) is 8.13. The molecule has 0 saturated heterocycles. The van der Waals surface area contributed by atoms with E-state index in [4.69, 9.17) is 0 Å². The lowest BCUT2D eigenvalue weighted by atomic mass is 10.2.